The Balaban J connectivity index is 1.27. The van der Waals surface area contributed by atoms with Crippen molar-refractivity contribution < 1.29 is 24.4 Å². The number of nitrogens with one attached hydrogen (secondary N) is 1. The molecule has 0 fully saturated rings. The Hall–Kier alpha value is -4.92. The Bertz CT molecular complexity index is 1430. The molecule has 1 unspecified atom stereocenters. The summed E-state index contributed by atoms with van der Waals surface area (Å²) in [5.74, 6) is -1.34. The van der Waals surface area contributed by atoms with E-state index in [4.69, 9.17) is 4.74 Å². The highest BCUT2D eigenvalue weighted by molar-refractivity contribution is 5.81. The summed E-state index contributed by atoms with van der Waals surface area (Å²) in [6, 6.07) is 24.1. The van der Waals surface area contributed by atoms with E-state index >= 15 is 0 Å². The Kier molecular flexibility index (Phi) is 6.42. The molecule has 4 aromatic rings. The molecule has 2 N–H and O–H groups in total. The van der Waals surface area contributed by atoms with Crippen LogP contribution < -0.4 is 5.32 Å². The zero-order chi connectivity index (χ0) is 25.9. The van der Waals surface area contributed by atoms with Crippen molar-refractivity contribution in [1.29, 1.82) is 0 Å². The Morgan fingerprint density at radius 2 is 1.57 bits per heavy atom. The van der Waals surface area contributed by atoms with Gasteiger partial charge in [-0.1, -0.05) is 48.5 Å². The number of nitro benzene ring substituents is 1. The first-order chi connectivity index (χ1) is 17.9. The highest BCUT2D eigenvalue weighted by atomic mass is 16.6. The number of benzene rings is 3. The first-order valence-corrected chi connectivity index (χ1v) is 11.7. The van der Waals surface area contributed by atoms with Gasteiger partial charge >= 0.3 is 12.1 Å². The van der Waals surface area contributed by atoms with Crippen LogP contribution in [0.5, 0.6) is 0 Å². The predicted molar refractivity (Wildman–Crippen MR) is 136 cm³/mol. The molecule has 1 aliphatic carbocycles. The second-order valence-electron chi connectivity index (χ2n) is 8.71. The average Bonchev–Trinajstić information content (AvgIpc) is 3.49. The van der Waals surface area contributed by atoms with Crippen LogP contribution >= 0.6 is 0 Å². The molecule has 1 amide bonds. The number of non-ortho nitro benzene ring substituents is 1. The highest BCUT2D eigenvalue weighted by Crippen LogP contribution is 2.44. The fourth-order valence-corrected chi connectivity index (χ4v) is 4.76. The van der Waals surface area contributed by atoms with Gasteiger partial charge in [-0.15, -0.1) is 0 Å². The van der Waals surface area contributed by atoms with E-state index in [1.807, 2.05) is 48.5 Å². The van der Waals surface area contributed by atoms with Gasteiger partial charge in [0.05, 0.1) is 4.92 Å². The molecule has 0 bridgehead atoms. The molecule has 186 valence electrons. The summed E-state index contributed by atoms with van der Waals surface area (Å²) >= 11 is 0. The summed E-state index contributed by atoms with van der Waals surface area (Å²) in [5, 5.41) is 23.2. The number of hydrogen-bond acceptors (Lipinski definition) is 5. The number of carboxylic acid groups (broad SMARTS) is 1. The van der Waals surface area contributed by atoms with Gasteiger partial charge in [-0.3, -0.25) is 10.1 Å². The van der Waals surface area contributed by atoms with Crippen LogP contribution in [-0.2, 0) is 16.0 Å². The Labute approximate surface area is 212 Å². The summed E-state index contributed by atoms with van der Waals surface area (Å²) < 4.78 is 7.23. The third kappa shape index (κ3) is 4.79. The molecule has 0 radical (unpaired) electrons. The second kappa shape index (κ2) is 9.98. The minimum Gasteiger partial charge on any atom is -0.480 e. The highest BCUT2D eigenvalue weighted by Gasteiger charge is 2.30. The van der Waals surface area contributed by atoms with Gasteiger partial charge in [0.2, 0.25) is 0 Å². The van der Waals surface area contributed by atoms with Gasteiger partial charge in [0.15, 0.2) is 0 Å². The number of hydrogen-bond donors (Lipinski definition) is 2. The smallest absolute Gasteiger partial charge is 0.407 e. The lowest BCUT2D eigenvalue weighted by Crippen LogP contribution is -2.43. The van der Waals surface area contributed by atoms with Gasteiger partial charge in [-0.05, 0) is 46.5 Å². The SMILES string of the molecule is O=C(NC(Cc1cccn1-c1ccc([N+](=O)[O-])cc1)C(=O)O)OCC1c2ccccc2-c2ccccc21. The molecule has 1 aliphatic rings. The molecule has 0 saturated heterocycles. The molecule has 5 rings (SSSR count). The van der Waals surface area contributed by atoms with E-state index in [-0.39, 0.29) is 24.6 Å². The average molecular weight is 498 g/mol. The molecule has 3 aromatic carbocycles. The van der Waals surface area contributed by atoms with E-state index < -0.39 is 23.0 Å². The van der Waals surface area contributed by atoms with E-state index in [0.717, 1.165) is 22.3 Å². The quantitative estimate of drug-likeness (QED) is 0.263. The van der Waals surface area contributed by atoms with Gasteiger partial charge in [-0.25, -0.2) is 9.59 Å². The monoisotopic (exact) mass is 497 g/mol. The second-order valence-corrected chi connectivity index (χ2v) is 8.71. The number of carboxylic acids is 1. The Morgan fingerprint density at radius 1 is 0.946 bits per heavy atom. The number of rotatable bonds is 8. The Morgan fingerprint density at radius 3 is 2.16 bits per heavy atom. The molecule has 37 heavy (non-hydrogen) atoms. The molecule has 0 saturated carbocycles. The fourth-order valence-electron chi connectivity index (χ4n) is 4.76. The first-order valence-electron chi connectivity index (χ1n) is 11.7. The van der Waals surface area contributed by atoms with E-state index in [9.17, 15) is 24.8 Å². The third-order valence-corrected chi connectivity index (χ3v) is 6.52. The molecule has 1 heterocycles. The molecular weight excluding hydrogens is 474 g/mol. The number of nitrogens with zero attached hydrogens (tertiary/aromatic N) is 2. The van der Waals surface area contributed by atoms with Crippen LogP contribution in [0.15, 0.2) is 91.1 Å². The van der Waals surface area contributed by atoms with E-state index in [0.29, 0.717) is 11.4 Å². The van der Waals surface area contributed by atoms with E-state index in [1.54, 1.807) is 35.0 Å². The van der Waals surface area contributed by atoms with Crippen LogP contribution in [0.3, 0.4) is 0 Å². The molecule has 1 aromatic heterocycles. The van der Waals surface area contributed by atoms with Crippen LogP contribution in [0, 0.1) is 10.1 Å². The first kappa shape index (κ1) is 23.8. The van der Waals surface area contributed by atoms with E-state index in [1.165, 1.54) is 12.1 Å². The minimum atomic E-state index is -1.23. The molecular formula is C28H23N3O6. The van der Waals surface area contributed by atoms with Crippen LogP contribution in [0.1, 0.15) is 22.7 Å². The molecule has 0 spiro atoms. The number of aliphatic carboxylic acids is 1. The largest absolute Gasteiger partial charge is 0.480 e. The summed E-state index contributed by atoms with van der Waals surface area (Å²) in [4.78, 5) is 35.1. The molecule has 9 nitrogen and oxygen atoms in total. The summed E-state index contributed by atoms with van der Waals surface area (Å²) in [6.07, 6.45) is 0.898. The molecule has 1 atom stereocenters. The number of carbonyl (C=O) groups excluding carboxylic acids is 1. The zero-order valence-corrected chi connectivity index (χ0v) is 19.6. The van der Waals surface area contributed by atoms with Gasteiger partial charge in [0, 0.05) is 42.0 Å². The number of aromatic nitrogens is 1. The molecule has 9 heteroatoms. The van der Waals surface area contributed by atoms with Crippen LogP contribution in [0.2, 0.25) is 0 Å². The van der Waals surface area contributed by atoms with Crippen LogP contribution in [0.25, 0.3) is 16.8 Å². The minimum absolute atomic E-state index is 0.0104. The number of amides is 1. The standard InChI is InChI=1S/C28H23N3O6/c32-27(33)26(16-20-6-5-15-30(20)18-11-13-19(14-12-18)31(35)36)29-28(34)37-17-25-23-9-3-1-7-21(23)22-8-2-4-10-24(22)25/h1-15,25-26H,16-17H2,(H,29,34)(H,32,33). The molecule has 0 aliphatic heterocycles. The maximum atomic E-state index is 12.7. The van der Waals surface area contributed by atoms with Crippen LogP contribution in [0.4, 0.5) is 10.5 Å². The zero-order valence-electron chi connectivity index (χ0n) is 19.6. The summed E-state index contributed by atoms with van der Waals surface area (Å²) in [7, 11) is 0. The fraction of sp³-hybridized carbons (Fsp3) is 0.143. The number of nitro groups is 1. The van der Waals surface area contributed by atoms with Crippen molar-refractivity contribution in [2.75, 3.05) is 6.61 Å². The number of carbonyl (C=O) groups is 2. The van der Waals surface area contributed by atoms with Crippen molar-refractivity contribution in [1.82, 2.24) is 9.88 Å². The van der Waals surface area contributed by atoms with Crippen LogP contribution in [-0.4, -0.2) is 39.3 Å². The lowest BCUT2D eigenvalue weighted by atomic mass is 9.98. The maximum absolute atomic E-state index is 12.7. The summed E-state index contributed by atoms with van der Waals surface area (Å²) in [5.41, 5.74) is 5.53. The van der Waals surface area contributed by atoms with Crippen molar-refractivity contribution >= 4 is 17.7 Å². The van der Waals surface area contributed by atoms with Gasteiger partial charge in [0.25, 0.3) is 5.69 Å². The topological polar surface area (TPSA) is 124 Å². The van der Waals surface area contributed by atoms with Crippen molar-refractivity contribution in [3.63, 3.8) is 0 Å². The lowest BCUT2D eigenvalue weighted by molar-refractivity contribution is -0.384. The number of alkyl carbamates (subject to hydrolysis) is 1. The number of fused-ring (bicyclic) bond motifs is 3. The van der Waals surface area contributed by atoms with E-state index in [2.05, 4.69) is 5.32 Å². The predicted octanol–water partition coefficient (Wildman–Crippen LogP) is 4.92. The normalized spacial score (nSPS) is 12.9. The van der Waals surface area contributed by atoms with Crippen molar-refractivity contribution in [2.24, 2.45) is 0 Å². The van der Waals surface area contributed by atoms with Gasteiger partial charge < -0.3 is 19.7 Å². The van der Waals surface area contributed by atoms with Crippen molar-refractivity contribution in [3.8, 4) is 16.8 Å². The summed E-state index contributed by atoms with van der Waals surface area (Å²) in [6.45, 7) is 0.0748. The van der Waals surface area contributed by atoms with Gasteiger partial charge in [0.1, 0.15) is 12.6 Å². The van der Waals surface area contributed by atoms with Crippen molar-refractivity contribution in [3.05, 3.63) is 118 Å². The third-order valence-electron chi connectivity index (χ3n) is 6.52. The number of ether oxygens (including phenoxy) is 1. The lowest BCUT2D eigenvalue weighted by Gasteiger charge is -2.18. The maximum Gasteiger partial charge on any atom is 0.407 e. The van der Waals surface area contributed by atoms with Gasteiger partial charge in [-0.2, -0.15) is 0 Å². The van der Waals surface area contributed by atoms with Crippen molar-refractivity contribution in [2.45, 2.75) is 18.4 Å².